The van der Waals surface area contributed by atoms with Crippen LogP contribution in [-0.2, 0) is 0 Å². The molecule has 0 aromatic rings. The molecule has 4 nitrogen and oxygen atoms in total. The largest absolute Gasteiger partial charge is 0.338 e. The monoisotopic (exact) mass is 313 g/mol. The summed E-state index contributed by atoms with van der Waals surface area (Å²) >= 11 is 1.94. The molecule has 5 heteroatoms. The van der Waals surface area contributed by atoms with Crippen molar-refractivity contribution in [3.63, 3.8) is 0 Å². The van der Waals surface area contributed by atoms with Gasteiger partial charge in [-0.05, 0) is 37.6 Å². The van der Waals surface area contributed by atoms with Crippen LogP contribution in [0.15, 0.2) is 0 Å². The number of nitrogens with one attached hydrogen (secondary N) is 1. The van der Waals surface area contributed by atoms with Crippen molar-refractivity contribution in [2.24, 2.45) is 11.8 Å². The van der Waals surface area contributed by atoms with E-state index < -0.39 is 0 Å². The van der Waals surface area contributed by atoms with Gasteiger partial charge < -0.3 is 15.1 Å². The Labute approximate surface area is 134 Å². The molecular formula is C16H31N3OS. The predicted octanol–water partition coefficient (Wildman–Crippen LogP) is 2.50. The van der Waals surface area contributed by atoms with Gasteiger partial charge >= 0.3 is 6.03 Å². The summed E-state index contributed by atoms with van der Waals surface area (Å²) in [6.45, 7) is 11.0. The van der Waals surface area contributed by atoms with Gasteiger partial charge in [0, 0.05) is 44.2 Å². The summed E-state index contributed by atoms with van der Waals surface area (Å²) in [5, 5.41) is 3.07. The van der Waals surface area contributed by atoms with Crippen LogP contribution in [0.3, 0.4) is 0 Å². The first-order valence-electron chi connectivity index (χ1n) is 8.48. The van der Waals surface area contributed by atoms with E-state index in [0.717, 1.165) is 49.4 Å². The van der Waals surface area contributed by atoms with Crippen molar-refractivity contribution in [3.8, 4) is 0 Å². The molecule has 2 amide bonds. The Morgan fingerprint density at radius 1 is 1.14 bits per heavy atom. The molecular weight excluding hydrogens is 282 g/mol. The molecule has 0 spiro atoms. The number of hydrogen-bond acceptors (Lipinski definition) is 3. The third-order valence-corrected chi connectivity index (χ3v) is 5.36. The molecule has 1 N–H and O–H groups in total. The van der Waals surface area contributed by atoms with Gasteiger partial charge in [-0.25, -0.2) is 4.79 Å². The van der Waals surface area contributed by atoms with Gasteiger partial charge in [-0.15, -0.1) is 0 Å². The molecule has 2 aliphatic heterocycles. The Hall–Kier alpha value is -0.420. The third-order valence-electron chi connectivity index (χ3n) is 4.42. The average molecular weight is 314 g/mol. The molecule has 2 heterocycles. The molecule has 122 valence electrons. The molecule has 2 fully saturated rings. The first kappa shape index (κ1) is 16.9. The van der Waals surface area contributed by atoms with E-state index in [2.05, 4.69) is 24.1 Å². The topological polar surface area (TPSA) is 35.6 Å². The second-order valence-corrected chi connectivity index (χ2v) is 7.97. The van der Waals surface area contributed by atoms with Gasteiger partial charge in [0.2, 0.25) is 0 Å². The van der Waals surface area contributed by atoms with Gasteiger partial charge in [-0.3, -0.25) is 0 Å². The van der Waals surface area contributed by atoms with Crippen molar-refractivity contribution >= 4 is 17.8 Å². The summed E-state index contributed by atoms with van der Waals surface area (Å²) in [7, 11) is 0. The van der Waals surface area contributed by atoms with Crippen LogP contribution in [0, 0.1) is 11.8 Å². The summed E-state index contributed by atoms with van der Waals surface area (Å²) in [6, 6.07) is 0.135. The lowest BCUT2D eigenvalue weighted by Crippen LogP contribution is -2.44. The van der Waals surface area contributed by atoms with Crippen LogP contribution in [0.2, 0.25) is 0 Å². The number of urea groups is 1. The van der Waals surface area contributed by atoms with Crippen LogP contribution in [0.4, 0.5) is 4.79 Å². The quantitative estimate of drug-likeness (QED) is 0.792. The smallest absolute Gasteiger partial charge is 0.317 e. The number of rotatable bonds is 5. The molecule has 0 aromatic carbocycles. The van der Waals surface area contributed by atoms with Crippen LogP contribution in [0.1, 0.15) is 33.1 Å². The Kier molecular flexibility index (Phi) is 7.17. The highest BCUT2D eigenvalue weighted by Crippen LogP contribution is 2.20. The zero-order valence-electron chi connectivity index (χ0n) is 13.6. The second kappa shape index (κ2) is 8.89. The highest BCUT2D eigenvalue weighted by molar-refractivity contribution is 7.99. The molecule has 0 radical (unpaired) electrons. The molecule has 0 saturated carbocycles. The van der Waals surface area contributed by atoms with Crippen LogP contribution in [0.25, 0.3) is 0 Å². The van der Waals surface area contributed by atoms with Crippen LogP contribution < -0.4 is 5.32 Å². The van der Waals surface area contributed by atoms with Crippen LogP contribution in [0.5, 0.6) is 0 Å². The number of amides is 2. The summed E-state index contributed by atoms with van der Waals surface area (Å²) in [5.74, 6) is 3.84. The molecule has 2 atom stereocenters. The van der Waals surface area contributed by atoms with Gasteiger partial charge in [0.05, 0.1) is 0 Å². The summed E-state index contributed by atoms with van der Waals surface area (Å²) in [4.78, 5) is 16.5. The Morgan fingerprint density at radius 2 is 1.81 bits per heavy atom. The number of piperidine rings is 1. The lowest BCUT2D eigenvalue weighted by atomic mass is 9.92. The normalized spacial score (nSPS) is 27.6. The molecule has 0 bridgehead atoms. The maximum atomic E-state index is 11.9. The fraction of sp³-hybridized carbons (Fsp3) is 0.938. The predicted molar refractivity (Wildman–Crippen MR) is 90.9 cm³/mol. The number of thioether (sulfide) groups is 1. The first-order valence-corrected chi connectivity index (χ1v) is 9.63. The number of unbranched alkanes of at least 4 members (excludes halogenated alkanes) is 1. The number of hydrogen-bond donors (Lipinski definition) is 1. The molecule has 0 aromatic heterocycles. The minimum absolute atomic E-state index is 0.135. The number of carbonyl (C=O) groups is 1. The zero-order chi connectivity index (χ0) is 15.1. The SMILES string of the molecule is CC1CC(C)CN(CCCCNC(=O)N2CCSCC2)C1. The van der Waals surface area contributed by atoms with E-state index in [1.54, 1.807) is 0 Å². The number of carbonyl (C=O) groups excluding carboxylic acids is 1. The first-order chi connectivity index (χ1) is 10.1. The van der Waals surface area contributed by atoms with Gasteiger partial charge in [0.25, 0.3) is 0 Å². The van der Waals surface area contributed by atoms with Crippen molar-refractivity contribution in [1.29, 1.82) is 0 Å². The maximum absolute atomic E-state index is 11.9. The van der Waals surface area contributed by atoms with Crippen molar-refractivity contribution < 1.29 is 4.79 Å². The molecule has 0 aliphatic carbocycles. The van der Waals surface area contributed by atoms with Crippen molar-refractivity contribution in [2.45, 2.75) is 33.1 Å². The van der Waals surface area contributed by atoms with Crippen molar-refractivity contribution in [1.82, 2.24) is 15.1 Å². The van der Waals surface area contributed by atoms with Gasteiger partial charge in [0.1, 0.15) is 0 Å². The van der Waals surface area contributed by atoms with Crippen LogP contribution >= 0.6 is 11.8 Å². The molecule has 2 unspecified atom stereocenters. The number of likely N-dealkylation sites (tertiary alicyclic amines) is 1. The standard InChI is InChI=1S/C16H31N3OS/c1-14-11-15(2)13-18(12-14)6-4-3-5-17-16(20)19-7-9-21-10-8-19/h14-15H,3-13H2,1-2H3,(H,17,20). The van der Waals surface area contributed by atoms with E-state index >= 15 is 0 Å². The Morgan fingerprint density at radius 3 is 2.48 bits per heavy atom. The fourth-order valence-corrected chi connectivity index (χ4v) is 4.41. The summed E-state index contributed by atoms with van der Waals surface area (Å²) in [5.41, 5.74) is 0. The van der Waals surface area contributed by atoms with E-state index in [4.69, 9.17) is 0 Å². The maximum Gasteiger partial charge on any atom is 0.317 e. The highest BCUT2D eigenvalue weighted by atomic mass is 32.2. The number of nitrogens with zero attached hydrogens (tertiary/aromatic N) is 2. The lowest BCUT2D eigenvalue weighted by Gasteiger charge is -2.35. The lowest BCUT2D eigenvalue weighted by molar-refractivity contribution is 0.139. The minimum atomic E-state index is 0.135. The van der Waals surface area contributed by atoms with Gasteiger partial charge in [-0.2, -0.15) is 11.8 Å². The van der Waals surface area contributed by atoms with E-state index in [9.17, 15) is 4.79 Å². The summed E-state index contributed by atoms with van der Waals surface area (Å²) < 4.78 is 0. The average Bonchev–Trinajstić information content (AvgIpc) is 2.46. The van der Waals surface area contributed by atoms with E-state index in [1.165, 1.54) is 32.5 Å². The van der Waals surface area contributed by atoms with E-state index in [-0.39, 0.29) is 6.03 Å². The van der Waals surface area contributed by atoms with Gasteiger partial charge in [-0.1, -0.05) is 13.8 Å². The van der Waals surface area contributed by atoms with Crippen molar-refractivity contribution in [2.75, 3.05) is 50.8 Å². The zero-order valence-corrected chi connectivity index (χ0v) is 14.5. The van der Waals surface area contributed by atoms with Crippen molar-refractivity contribution in [3.05, 3.63) is 0 Å². The Bertz CT molecular complexity index is 311. The molecule has 2 rings (SSSR count). The van der Waals surface area contributed by atoms with Crippen LogP contribution in [-0.4, -0.2) is 66.6 Å². The summed E-state index contributed by atoms with van der Waals surface area (Å²) in [6.07, 6.45) is 3.66. The molecule has 2 aliphatic rings. The fourth-order valence-electron chi connectivity index (χ4n) is 3.51. The molecule has 2 saturated heterocycles. The second-order valence-electron chi connectivity index (χ2n) is 6.74. The third kappa shape index (κ3) is 6.07. The highest BCUT2D eigenvalue weighted by Gasteiger charge is 2.21. The Balaban J connectivity index is 1.52. The minimum Gasteiger partial charge on any atom is -0.338 e. The molecule has 21 heavy (non-hydrogen) atoms. The van der Waals surface area contributed by atoms with E-state index in [0.29, 0.717) is 0 Å². The van der Waals surface area contributed by atoms with E-state index in [1.807, 2.05) is 16.7 Å². The van der Waals surface area contributed by atoms with Gasteiger partial charge in [0.15, 0.2) is 0 Å².